The van der Waals surface area contributed by atoms with Gasteiger partial charge in [0, 0.05) is 11.1 Å². The van der Waals surface area contributed by atoms with Crippen LogP contribution in [-0.2, 0) is 17.8 Å². The van der Waals surface area contributed by atoms with Crippen LogP contribution in [0.4, 0.5) is 0 Å². The number of aryl methyl sites for hydroxylation is 1. The van der Waals surface area contributed by atoms with E-state index in [0.29, 0.717) is 13.0 Å². The van der Waals surface area contributed by atoms with Gasteiger partial charge in [-0.25, -0.2) is 4.98 Å². The van der Waals surface area contributed by atoms with E-state index in [0.717, 1.165) is 27.0 Å². The van der Waals surface area contributed by atoms with Gasteiger partial charge in [-0.1, -0.05) is 6.07 Å². The number of nitrogens with zero attached hydrogens (tertiary/aromatic N) is 2. The molecule has 1 amide bonds. The predicted octanol–water partition coefficient (Wildman–Crippen LogP) is 2.97. The molecule has 3 rings (SSSR count). The van der Waals surface area contributed by atoms with Crippen molar-refractivity contribution in [3.63, 3.8) is 0 Å². The van der Waals surface area contributed by atoms with Crippen LogP contribution >= 0.6 is 11.3 Å². The second-order valence-electron chi connectivity index (χ2n) is 4.78. The van der Waals surface area contributed by atoms with Crippen molar-refractivity contribution in [2.75, 3.05) is 0 Å². The van der Waals surface area contributed by atoms with Crippen LogP contribution in [0, 0.1) is 6.92 Å². The number of rotatable bonds is 5. The number of carbonyl (C=O) groups is 1. The summed E-state index contributed by atoms with van der Waals surface area (Å²) in [6.07, 6.45) is 3.65. The lowest BCUT2D eigenvalue weighted by Crippen LogP contribution is -2.24. The Morgan fingerprint density at radius 1 is 1.32 bits per heavy atom. The standard InChI is InChI=1S/C16H15N3O2S/c1-11-14(9-15(20)18-10-12-5-4-8-21-12)22-16(19-11)13-6-2-3-7-17-13/h2-8H,9-10H2,1H3,(H,18,20). The van der Waals surface area contributed by atoms with Gasteiger partial charge in [0.05, 0.1) is 30.6 Å². The van der Waals surface area contributed by atoms with Crippen molar-refractivity contribution in [1.82, 2.24) is 15.3 Å². The molecule has 0 aliphatic carbocycles. The van der Waals surface area contributed by atoms with Gasteiger partial charge in [0.2, 0.25) is 5.91 Å². The molecule has 0 aromatic carbocycles. The number of furan rings is 1. The number of nitrogens with one attached hydrogen (secondary N) is 1. The van der Waals surface area contributed by atoms with Crippen LogP contribution in [0.3, 0.4) is 0 Å². The SMILES string of the molecule is Cc1nc(-c2ccccn2)sc1CC(=O)NCc1ccco1. The van der Waals surface area contributed by atoms with Crippen molar-refractivity contribution in [3.05, 3.63) is 59.1 Å². The maximum absolute atomic E-state index is 12.0. The van der Waals surface area contributed by atoms with E-state index in [9.17, 15) is 4.79 Å². The summed E-state index contributed by atoms with van der Waals surface area (Å²) in [4.78, 5) is 21.8. The molecular formula is C16H15N3O2S. The minimum atomic E-state index is -0.0456. The van der Waals surface area contributed by atoms with Crippen LogP contribution in [0.15, 0.2) is 47.2 Å². The number of thiazole rings is 1. The van der Waals surface area contributed by atoms with E-state index < -0.39 is 0 Å². The van der Waals surface area contributed by atoms with Gasteiger partial charge in [-0.05, 0) is 31.2 Å². The lowest BCUT2D eigenvalue weighted by Gasteiger charge is -2.02. The number of pyridine rings is 1. The third kappa shape index (κ3) is 3.40. The molecule has 0 unspecified atom stereocenters. The molecular weight excluding hydrogens is 298 g/mol. The minimum absolute atomic E-state index is 0.0456. The first-order valence-electron chi connectivity index (χ1n) is 6.89. The van der Waals surface area contributed by atoms with Crippen LogP contribution in [0.1, 0.15) is 16.3 Å². The van der Waals surface area contributed by atoms with E-state index in [1.807, 2.05) is 31.2 Å². The highest BCUT2D eigenvalue weighted by Gasteiger charge is 2.13. The zero-order valence-electron chi connectivity index (χ0n) is 12.1. The van der Waals surface area contributed by atoms with Crippen LogP contribution < -0.4 is 5.32 Å². The Bertz CT molecular complexity index is 751. The summed E-state index contributed by atoms with van der Waals surface area (Å²) < 4.78 is 5.19. The molecule has 3 heterocycles. The van der Waals surface area contributed by atoms with Crippen molar-refractivity contribution < 1.29 is 9.21 Å². The van der Waals surface area contributed by atoms with Crippen molar-refractivity contribution in [1.29, 1.82) is 0 Å². The van der Waals surface area contributed by atoms with Gasteiger partial charge in [-0.15, -0.1) is 11.3 Å². The number of hydrogen-bond acceptors (Lipinski definition) is 5. The number of amides is 1. The molecule has 1 N–H and O–H groups in total. The highest BCUT2D eigenvalue weighted by atomic mass is 32.1. The monoisotopic (exact) mass is 313 g/mol. The number of hydrogen-bond donors (Lipinski definition) is 1. The van der Waals surface area contributed by atoms with Gasteiger partial charge in [0.15, 0.2) is 0 Å². The summed E-state index contributed by atoms with van der Waals surface area (Å²) in [6.45, 7) is 2.31. The van der Waals surface area contributed by atoms with Crippen molar-refractivity contribution in [2.24, 2.45) is 0 Å². The normalized spacial score (nSPS) is 10.6. The molecule has 0 saturated carbocycles. The molecule has 0 radical (unpaired) electrons. The average Bonchev–Trinajstić information content (AvgIpc) is 3.17. The van der Waals surface area contributed by atoms with Gasteiger partial charge in [-0.3, -0.25) is 9.78 Å². The van der Waals surface area contributed by atoms with Crippen LogP contribution in [-0.4, -0.2) is 15.9 Å². The van der Waals surface area contributed by atoms with E-state index in [-0.39, 0.29) is 5.91 Å². The molecule has 6 heteroatoms. The summed E-state index contributed by atoms with van der Waals surface area (Å²) in [5, 5.41) is 3.68. The van der Waals surface area contributed by atoms with Gasteiger partial charge >= 0.3 is 0 Å². The third-order valence-electron chi connectivity index (χ3n) is 3.14. The topological polar surface area (TPSA) is 68.0 Å². The van der Waals surface area contributed by atoms with Crippen LogP contribution in [0.25, 0.3) is 10.7 Å². The van der Waals surface area contributed by atoms with Gasteiger partial charge in [0.25, 0.3) is 0 Å². The highest BCUT2D eigenvalue weighted by molar-refractivity contribution is 7.15. The Morgan fingerprint density at radius 2 is 2.23 bits per heavy atom. The number of carbonyl (C=O) groups excluding carboxylic acids is 1. The van der Waals surface area contributed by atoms with Crippen LogP contribution in [0.5, 0.6) is 0 Å². The number of aromatic nitrogens is 2. The Kier molecular flexibility index (Phi) is 4.29. The summed E-state index contributed by atoms with van der Waals surface area (Å²) in [5.41, 5.74) is 1.71. The Hall–Kier alpha value is -2.47. The molecule has 0 aliphatic heterocycles. The van der Waals surface area contributed by atoms with Crippen LogP contribution in [0.2, 0.25) is 0 Å². The van der Waals surface area contributed by atoms with E-state index in [2.05, 4.69) is 15.3 Å². The first-order chi connectivity index (χ1) is 10.7. The second kappa shape index (κ2) is 6.53. The van der Waals surface area contributed by atoms with Gasteiger partial charge in [-0.2, -0.15) is 0 Å². The molecule has 3 aromatic rings. The van der Waals surface area contributed by atoms with Crippen molar-refractivity contribution >= 4 is 17.2 Å². The highest BCUT2D eigenvalue weighted by Crippen LogP contribution is 2.26. The summed E-state index contributed by atoms with van der Waals surface area (Å²) in [6, 6.07) is 9.34. The molecule has 3 aromatic heterocycles. The Labute approximate surface area is 132 Å². The van der Waals surface area contributed by atoms with E-state index in [1.54, 1.807) is 18.5 Å². The fraction of sp³-hybridized carbons (Fsp3) is 0.188. The predicted molar refractivity (Wildman–Crippen MR) is 84.3 cm³/mol. The molecule has 112 valence electrons. The van der Waals surface area contributed by atoms with Crippen molar-refractivity contribution in [2.45, 2.75) is 19.9 Å². The fourth-order valence-electron chi connectivity index (χ4n) is 2.00. The largest absolute Gasteiger partial charge is 0.467 e. The molecule has 0 atom stereocenters. The quantitative estimate of drug-likeness (QED) is 0.786. The maximum atomic E-state index is 12.0. The van der Waals surface area contributed by atoms with E-state index >= 15 is 0 Å². The average molecular weight is 313 g/mol. The Morgan fingerprint density at radius 3 is 2.95 bits per heavy atom. The van der Waals surface area contributed by atoms with Gasteiger partial charge in [0.1, 0.15) is 10.8 Å². The smallest absolute Gasteiger partial charge is 0.225 e. The molecule has 0 fully saturated rings. The summed E-state index contributed by atoms with van der Waals surface area (Å²) >= 11 is 1.51. The first-order valence-corrected chi connectivity index (χ1v) is 7.71. The summed E-state index contributed by atoms with van der Waals surface area (Å²) in [5.74, 6) is 0.694. The third-order valence-corrected chi connectivity index (χ3v) is 4.32. The van der Waals surface area contributed by atoms with E-state index in [4.69, 9.17) is 4.42 Å². The molecule has 0 saturated heterocycles. The fourth-order valence-corrected chi connectivity index (χ4v) is 3.04. The van der Waals surface area contributed by atoms with Crippen molar-refractivity contribution in [3.8, 4) is 10.7 Å². The zero-order valence-corrected chi connectivity index (χ0v) is 12.9. The Balaban J connectivity index is 1.65. The molecule has 5 nitrogen and oxygen atoms in total. The minimum Gasteiger partial charge on any atom is -0.467 e. The first kappa shape index (κ1) is 14.5. The summed E-state index contributed by atoms with van der Waals surface area (Å²) in [7, 11) is 0. The van der Waals surface area contributed by atoms with E-state index in [1.165, 1.54) is 11.3 Å². The zero-order chi connectivity index (χ0) is 15.4. The molecule has 0 spiro atoms. The second-order valence-corrected chi connectivity index (χ2v) is 5.86. The lowest BCUT2D eigenvalue weighted by molar-refractivity contribution is -0.120. The lowest BCUT2D eigenvalue weighted by atomic mass is 10.3. The molecule has 22 heavy (non-hydrogen) atoms. The maximum Gasteiger partial charge on any atom is 0.225 e. The van der Waals surface area contributed by atoms with Gasteiger partial charge < -0.3 is 9.73 Å². The molecule has 0 aliphatic rings. The molecule has 0 bridgehead atoms.